The van der Waals surface area contributed by atoms with E-state index in [1.807, 2.05) is 0 Å². The second-order valence-electron chi connectivity index (χ2n) is 6.68. The first-order valence-electron chi connectivity index (χ1n) is 8.21. The molecule has 1 saturated carbocycles. The maximum atomic E-state index is 12.1. The third-order valence-electron chi connectivity index (χ3n) is 4.72. The lowest BCUT2D eigenvalue weighted by Gasteiger charge is -2.36. The zero-order valence-electron chi connectivity index (χ0n) is 13.1. The van der Waals surface area contributed by atoms with Gasteiger partial charge in [-0.2, -0.15) is 5.10 Å². The number of nitrogens with zero attached hydrogens (tertiary/aromatic N) is 3. The number of hydrogen-bond acceptors (Lipinski definition) is 3. The van der Waals surface area contributed by atoms with Gasteiger partial charge in [-0.15, -0.1) is 0 Å². The Morgan fingerprint density at radius 1 is 1.38 bits per heavy atom. The van der Waals surface area contributed by atoms with Crippen molar-refractivity contribution >= 4 is 5.91 Å². The Morgan fingerprint density at radius 3 is 2.86 bits per heavy atom. The molecule has 1 aromatic heterocycles. The Kier molecular flexibility index (Phi) is 4.29. The Morgan fingerprint density at radius 2 is 2.14 bits per heavy atom. The second kappa shape index (κ2) is 6.18. The fourth-order valence-electron chi connectivity index (χ4n) is 3.68. The van der Waals surface area contributed by atoms with Crippen LogP contribution in [0.25, 0.3) is 0 Å². The molecule has 21 heavy (non-hydrogen) atoms. The van der Waals surface area contributed by atoms with Crippen LogP contribution in [0.2, 0.25) is 0 Å². The Balaban J connectivity index is 1.68. The minimum Gasteiger partial charge on any atom is -0.353 e. The molecular weight excluding hydrogens is 264 g/mol. The molecule has 2 fully saturated rings. The highest BCUT2D eigenvalue weighted by atomic mass is 16.2. The Hall–Kier alpha value is -1.36. The van der Waals surface area contributed by atoms with Crippen LogP contribution in [0.5, 0.6) is 0 Å². The van der Waals surface area contributed by atoms with Crippen molar-refractivity contribution in [2.45, 2.75) is 58.2 Å². The first-order chi connectivity index (χ1) is 10.1. The van der Waals surface area contributed by atoms with Gasteiger partial charge in [0.05, 0.1) is 17.8 Å². The van der Waals surface area contributed by atoms with Gasteiger partial charge in [0.15, 0.2) is 0 Å². The lowest BCUT2D eigenvalue weighted by atomic mass is 9.99. The Labute approximate surface area is 126 Å². The largest absolute Gasteiger partial charge is 0.353 e. The summed E-state index contributed by atoms with van der Waals surface area (Å²) in [6, 6.07) is 2.67. The molecule has 1 aromatic rings. The topological polar surface area (TPSA) is 50.2 Å². The summed E-state index contributed by atoms with van der Waals surface area (Å²) in [7, 11) is 0. The number of piperazine rings is 1. The summed E-state index contributed by atoms with van der Waals surface area (Å²) >= 11 is 0. The SMILES string of the molecule is CC(C)C1C(=O)NCCN1Cc1ccn(C2CCCC2)n1. The maximum Gasteiger partial charge on any atom is 0.237 e. The number of carbonyl (C=O) groups is 1. The zero-order chi connectivity index (χ0) is 14.8. The second-order valence-corrected chi connectivity index (χ2v) is 6.68. The highest BCUT2D eigenvalue weighted by molar-refractivity contribution is 5.82. The number of nitrogens with one attached hydrogen (secondary N) is 1. The number of carbonyl (C=O) groups excluding carboxylic acids is 1. The van der Waals surface area contributed by atoms with E-state index >= 15 is 0 Å². The third kappa shape index (κ3) is 3.12. The number of rotatable bonds is 4. The van der Waals surface area contributed by atoms with E-state index in [2.05, 4.69) is 41.0 Å². The van der Waals surface area contributed by atoms with Crippen molar-refractivity contribution in [2.24, 2.45) is 5.92 Å². The van der Waals surface area contributed by atoms with Crippen molar-refractivity contribution in [2.75, 3.05) is 13.1 Å². The van der Waals surface area contributed by atoms with E-state index in [0.29, 0.717) is 12.0 Å². The first-order valence-corrected chi connectivity index (χ1v) is 8.21. The van der Waals surface area contributed by atoms with Crippen molar-refractivity contribution in [3.05, 3.63) is 18.0 Å². The molecule has 1 unspecified atom stereocenters. The van der Waals surface area contributed by atoms with E-state index in [0.717, 1.165) is 25.3 Å². The smallest absolute Gasteiger partial charge is 0.237 e. The molecule has 5 heteroatoms. The molecule has 1 amide bonds. The van der Waals surface area contributed by atoms with Crippen LogP contribution in [0.3, 0.4) is 0 Å². The first kappa shape index (κ1) is 14.6. The molecular formula is C16H26N4O. The lowest BCUT2D eigenvalue weighted by Crippen LogP contribution is -2.56. The van der Waals surface area contributed by atoms with Crippen LogP contribution in [0, 0.1) is 5.92 Å². The van der Waals surface area contributed by atoms with E-state index in [-0.39, 0.29) is 11.9 Å². The minimum atomic E-state index is -0.0321. The molecule has 0 bridgehead atoms. The van der Waals surface area contributed by atoms with E-state index in [4.69, 9.17) is 5.10 Å². The summed E-state index contributed by atoms with van der Waals surface area (Å²) < 4.78 is 2.14. The van der Waals surface area contributed by atoms with Gasteiger partial charge < -0.3 is 5.32 Å². The molecule has 1 saturated heterocycles. The molecule has 0 aromatic carbocycles. The van der Waals surface area contributed by atoms with Gasteiger partial charge in [0.1, 0.15) is 0 Å². The molecule has 1 atom stereocenters. The molecule has 1 N–H and O–H groups in total. The van der Waals surface area contributed by atoms with E-state index in [9.17, 15) is 4.79 Å². The van der Waals surface area contributed by atoms with Gasteiger partial charge in [-0.3, -0.25) is 14.4 Å². The van der Waals surface area contributed by atoms with Crippen LogP contribution in [-0.4, -0.2) is 39.7 Å². The van der Waals surface area contributed by atoms with Gasteiger partial charge in [-0.25, -0.2) is 0 Å². The van der Waals surface area contributed by atoms with Crippen LogP contribution in [0.15, 0.2) is 12.3 Å². The summed E-state index contributed by atoms with van der Waals surface area (Å²) in [5.74, 6) is 0.480. The average Bonchev–Trinajstić information content (AvgIpc) is 3.08. The lowest BCUT2D eigenvalue weighted by molar-refractivity contribution is -0.131. The molecule has 2 aliphatic rings. The number of hydrogen-bond donors (Lipinski definition) is 1. The van der Waals surface area contributed by atoms with Gasteiger partial charge in [0.25, 0.3) is 0 Å². The minimum absolute atomic E-state index is 0.0321. The monoisotopic (exact) mass is 290 g/mol. The Bertz CT molecular complexity index is 490. The maximum absolute atomic E-state index is 12.1. The normalized spacial score (nSPS) is 24.7. The van der Waals surface area contributed by atoms with Crippen LogP contribution < -0.4 is 5.32 Å². The van der Waals surface area contributed by atoms with E-state index < -0.39 is 0 Å². The van der Waals surface area contributed by atoms with Gasteiger partial charge in [0.2, 0.25) is 5.91 Å². The standard InChI is InChI=1S/C16H26N4O/c1-12(2)15-16(21)17-8-10-19(15)11-13-7-9-20(18-13)14-5-3-4-6-14/h7,9,12,14-15H,3-6,8,10-11H2,1-2H3,(H,17,21). The quantitative estimate of drug-likeness (QED) is 0.922. The number of aromatic nitrogens is 2. The number of amides is 1. The summed E-state index contributed by atoms with van der Waals surface area (Å²) in [5.41, 5.74) is 1.09. The predicted octanol–water partition coefficient (Wildman–Crippen LogP) is 1.95. The predicted molar refractivity (Wildman–Crippen MR) is 81.8 cm³/mol. The van der Waals surface area contributed by atoms with Crippen LogP contribution in [0.1, 0.15) is 51.3 Å². The zero-order valence-corrected chi connectivity index (χ0v) is 13.1. The van der Waals surface area contributed by atoms with Gasteiger partial charge in [-0.1, -0.05) is 26.7 Å². The van der Waals surface area contributed by atoms with Crippen molar-refractivity contribution < 1.29 is 4.79 Å². The molecule has 1 aliphatic heterocycles. The van der Waals surface area contributed by atoms with Crippen molar-refractivity contribution in [3.63, 3.8) is 0 Å². The molecule has 3 rings (SSSR count). The molecule has 0 spiro atoms. The van der Waals surface area contributed by atoms with Crippen LogP contribution >= 0.6 is 0 Å². The van der Waals surface area contributed by atoms with Gasteiger partial charge in [0, 0.05) is 25.8 Å². The summed E-state index contributed by atoms with van der Waals surface area (Å²) in [6.07, 6.45) is 7.26. The highest BCUT2D eigenvalue weighted by Gasteiger charge is 2.32. The van der Waals surface area contributed by atoms with Crippen molar-refractivity contribution in [3.8, 4) is 0 Å². The van der Waals surface area contributed by atoms with E-state index in [1.165, 1.54) is 25.7 Å². The van der Waals surface area contributed by atoms with Crippen LogP contribution in [0.4, 0.5) is 0 Å². The highest BCUT2D eigenvalue weighted by Crippen LogP contribution is 2.29. The molecule has 2 heterocycles. The fourth-order valence-corrected chi connectivity index (χ4v) is 3.68. The molecule has 116 valence electrons. The van der Waals surface area contributed by atoms with Gasteiger partial charge in [-0.05, 0) is 24.8 Å². The molecule has 5 nitrogen and oxygen atoms in total. The third-order valence-corrected chi connectivity index (χ3v) is 4.72. The molecule has 1 aliphatic carbocycles. The molecule has 0 radical (unpaired) electrons. The summed E-state index contributed by atoms with van der Waals surface area (Å²) in [6.45, 7) is 6.64. The fraction of sp³-hybridized carbons (Fsp3) is 0.750. The van der Waals surface area contributed by atoms with Crippen molar-refractivity contribution in [1.29, 1.82) is 0 Å². The average molecular weight is 290 g/mol. The van der Waals surface area contributed by atoms with E-state index in [1.54, 1.807) is 0 Å². The van der Waals surface area contributed by atoms with Gasteiger partial charge >= 0.3 is 0 Å². The summed E-state index contributed by atoms with van der Waals surface area (Å²) in [5, 5.41) is 7.72. The van der Waals surface area contributed by atoms with Crippen LogP contribution in [-0.2, 0) is 11.3 Å². The summed E-state index contributed by atoms with van der Waals surface area (Å²) in [4.78, 5) is 14.3. The van der Waals surface area contributed by atoms with Crippen molar-refractivity contribution in [1.82, 2.24) is 20.0 Å².